The van der Waals surface area contributed by atoms with E-state index in [9.17, 15) is 0 Å². The first-order valence-electron chi connectivity index (χ1n) is 5.82. The summed E-state index contributed by atoms with van der Waals surface area (Å²) in [7, 11) is 0. The maximum atomic E-state index is 5.84. The summed E-state index contributed by atoms with van der Waals surface area (Å²) in [6.07, 6.45) is 2.47. The van der Waals surface area contributed by atoms with Crippen molar-refractivity contribution < 1.29 is 0 Å². The van der Waals surface area contributed by atoms with Crippen molar-refractivity contribution in [3.8, 4) is 0 Å². The molecule has 0 aliphatic carbocycles. The molecule has 0 aliphatic rings. The van der Waals surface area contributed by atoms with Crippen LogP contribution in [0.2, 0.25) is 0 Å². The minimum Gasteiger partial charge on any atom is -0.372 e. The molecule has 0 fully saturated rings. The van der Waals surface area contributed by atoms with Gasteiger partial charge in [0.25, 0.3) is 0 Å². The zero-order chi connectivity index (χ0) is 12.0. The molecule has 16 heavy (non-hydrogen) atoms. The van der Waals surface area contributed by atoms with E-state index in [1.165, 1.54) is 18.5 Å². The van der Waals surface area contributed by atoms with Crippen molar-refractivity contribution in [2.24, 2.45) is 0 Å². The predicted octanol–water partition coefficient (Wildman–Crippen LogP) is 4.81. The van der Waals surface area contributed by atoms with E-state index in [0.717, 1.165) is 23.1 Å². The van der Waals surface area contributed by atoms with Crippen molar-refractivity contribution in [2.45, 2.75) is 32.6 Å². The molecule has 0 aromatic heterocycles. The maximum Gasteiger partial charge on any atom is 0.0485 e. The highest BCUT2D eigenvalue weighted by Crippen LogP contribution is 2.25. The van der Waals surface area contributed by atoms with Crippen molar-refractivity contribution in [1.82, 2.24) is 0 Å². The van der Waals surface area contributed by atoms with Gasteiger partial charge < -0.3 is 4.90 Å². The van der Waals surface area contributed by atoms with Crippen LogP contribution in [-0.4, -0.2) is 13.1 Å². The molecule has 0 amide bonds. The van der Waals surface area contributed by atoms with Gasteiger partial charge in [0.15, 0.2) is 0 Å². The van der Waals surface area contributed by atoms with Gasteiger partial charge in [-0.25, -0.2) is 0 Å². The Morgan fingerprint density at radius 3 is 2.56 bits per heavy atom. The Morgan fingerprint density at radius 1 is 1.31 bits per heavy atom. The molecule has 0 N–H and O–H groups in total. The second-order valence-corrected chi connectivity index (χ2v) is 4.96. The molecule has 0 radical (unpaired) electrons. The number of halogens is 2. The number of alkyl halides is 1. The molecule has 0 bridgehead atoms. The van der Waals surface area contributed by atoms with Crippen LogP contribution in [0.3, 0.4) is 0 Å². The topological polar surface area (TPSA) is 3.24 Å². The quantitative estimate of drug-likeness (QED) is 0.681. The lowest BCUT2D eigenvalue weighted by atomic mass is 10.2. The molecule has 0 saturated carbocycles. The molecule has 1 aromatic rings. The summed E-state index contributed by atoms with van der Waals surface area (Å²) in [4.78, 5) is 2.40. The summed E-state index contributed by atoms with van der Waals surface area (Å²) in [6.45, 7) is 6.59. The van der Waals surface area contributed by atoms with E-state index < -0.39 is 0 Å². The SMILES string of the molecule is CCCCN(CC)c1ccc(CCl)c(Br)c1. The third kappa shape index (κ3) is 3.67. The van der Waals surface area contributed by atoms with Gasteiger partial charge >= 0.3 is 0 Å². The summed E-state index contributed by atoms with van der Waals surface area (Å²) in [5.74, 6) is 0.557. The number of hydrogen-bond acceptors (Lipinski definition) is 1. The van der Waals surface area contributed by atoms with Gasteiger partial charge in [0.1, 0.15) is 0 Å². The van der Waals surface area contributed by atoms with E-state index in [2.05, 4.69) is 52.9 Å². The Balaban J connectivity index is 2.80. The average molecular weight is 305 g/mol. The van der Waals surface area contributed by atoms with E-state index in [1.807, 2.05) is 0 Å². The monoisotopic (exact) mass is 303 g/mol. The fourth-order valence-corrected chi connectivity index (χ4v) is 2.56. The fraction of sp³-hybridized carbons (Fsp3) is 0.538. The van der Waals surface area contributed by atoms with Crippen LogP contribution in [0.5, 0.6) is 0 Å². The van der Waals surface area contributed by atoms with Gasteiger partial charge in [0.05, 0.1) is 0 Å². The Morgan fingerprint density at radius 2 is 2.06 bits per heavy atom. The molecule has 0 atom stereocenters. The van der Waals surface area contributed by atoms with Crippen LogP contribution in [0.1, 0.15) is 32.3 Å². The van der Waals surface area contributed by atoms with E-state index in [-0.39, 0.29) is 0 Å². The number of rotatable bonds is 6. The number of nitrogens with zero attached hydrogens (tertiary/aromatic N) is 1. The largest absolute Gasteiger partial charge is 0.372 e. The van der Waals surface area contributed by atoms with Crippen molar-refractivity contribution in [2.75, 3.05) is 18.0 Å². The zero-order valence-electron chi connectivity index (χ0n) is 9.97. The Kier molecular flexibility index (Phi) is 6.22. The molecule has 1 aromatic carbocycles. The predicted molar refractivity (Wildman–Crippen MR) is 76.5 cm³/mol. The first kappa shape index (κ1) is 13.9. The van der Waals surface area contributed by atoms with Crippen LogP contribution in [0, 0.1) is 0 Å². The average Bonchev–Trinajstić information content (AvgIpc) is 2.30. The van der Waals surface area contributed by atoms with Gasteiger partial charge in [0, 0.05) is 29.1 Å². The maximum absolute atomic E-state index is 5.84. The smallest absolute Gasteiger partial charge is 0.0485 e. The number of benzene rings is 1. The van der Waals surface area contributed by atoms with Gasteiger partial charge in [-0.15, -0.1) is 11.6 Å². The Labute approximate surface area is 112 Å². The fourth-order valence-electron chi connectivity index (χ4n) is 1.66. The van der Waals surface area contributed by atoms with E-state index >= 15 is 0 Å². The lowest BCUT2D eigenvalue weighted by molar-refractivity contribution is 0.732. The third-order valence-electron chi connectivity index (χ3n) is 2.71. The summed E-state index contributed by atoms with van der Waals surface area (Å²) < 4.78 is 1.11. The van der Waals surface area contributed by atoms with Crippen molar-refractivity contribution in [3.05, 3.63) is 28.2 Å². The van der Waals surface area contributed by atoms with Gasteiger partial charge in [0.2, 0.25) is 0 Å². The first-order valence-corrected chi connectivity index (χ1v) is 7.15. The molecule has 0 heterocycles. The lowest BCUT2D eigenvalue weighted by Gasteiger charge is -2.23. The first-order chi connectivity index (χ1) is 7.72. The normalized spacial score (nSPS) is 10.5. The minimum absolute atomic E-state index is 0.557. The minimum atomic E-state index is 0.557. The van der Waals surface area contributed by atoms with Gasteiger partial charge in [-0.3, -0.25) is 0 Å². The lowest BCUT2D eigenvalue weighted by Crippen LogP contribution is -2.23. The second kappa shape index (κ2) is 7.18. The second-order valence-electron chi connectivity index (χ2n) is 3.84. The van der Waals surface area contributed by atoms with E-state index in [4.69, 9.17) is 11.6 Å². The number of unbranched alkanes of at least 4 members (excludes halogenated alkanes) is 1. The van der Waals surface area contributed by atoms with Crippen LogP contribution in [0.25, 0.3) is 0 Å². The summed E-state index contributed by atoms with van der Waals surface area (Å²) >= 11 is 9.40. The Hall–Kier alpha value is -0.210. The molecule has 0 unspecified atom stereocenters. The van der Waals surface area contributed by atoms with Crippen LogP contribution in [-0.2, 0) is 5.88 Å². The molecule has 1 rings (SSSR count). The molecule has 1 nitrogen and oxygen atoms in total. The molecular formula is C13H19BrClN. The van der Waals surface area contributed by atoms with Crippen LogP contribution >= 0.6 is 27.5 Å². The molecule has 3 heteroatoms. The van der Waals surface area contributed by atoms with E-state index in [1.54, 1.807) is 0 Å². The van der Waals surface area contributed by atoms with Crippen molar-refractivity contribution >= 4 is 33.2 Å². The van der Waals surface area contributed by atoms with Crippen LogP contribution in [0.4, 0.5) is 5.69 Å². The molecular weight excluding hydrogens is 286 g/mol. The van der Waals surface area contributed by atoms with Gasteiger partial charge in [-0.05, 0) is 31.0 Å². The Bertz CT molecular complexity index is 328. The van der Waals surface area contributed by atoms with Gasteiger partial charge in [-0.2, -0.15) is 0 Å². The third-order valence-corrected chi connectivity index (χ3v) is 3.74. The summed E-state index contributed by atoms with van der Waals surface area (Å²) in [5, 5.41) is 0. The summed E-state index contributed by atoms with van der Waals surface area (Å²) in [5.41, 5.74) is 2.42. The van der Waals surface area contributed by atoms with Crippen molar-refractivity contribution in [3.63, 3.8) is 0 Å². The van der Waals surface area contributed by atoms with Gasteiger partial charge in [-0.1, -0.05) is 35.3 Å². The molecule has 0 aliphatic heterocycles. The van der Waals surface area contributed by atoms with Crippen LogP contribution < -0.4 is 4.90 Å². The molecule has 0 saturated heterocycles. The highest BCUT2D eigenvalue weighted by molar-refractivity contribution is 9.10. The zero-order valence-corrected chi connectivity index (χ0v) is 12.3. The van der Waals surface area contributed by atoms with E-state index in [0.29, 0.717) is 5.88 Å². The summed E-state index contributed by atoms with van der Waals surface area (Å²) in [6, 6.07) is 6.42. The molecule has 90 valence electrons. The highest BCUT2D eigenvalue weighted by Gasteiger charge is 2.06. The molecule has 0 spiro atoms. The van der Waals surface area contributed by atoms with Crippen molar-refractivity contribution in [1.29, 1.82) is 0 Å². The van der Waals surface area contributed by atoms with Crippen LogP contribution in [0.15, 0.2) is 22.7 Å². The highest BCUT2D eigenvalue weighted by atomic mass is 79.9. The standard InChI is InChI=1S/C13H19BrClN/c1-3-5-8-16(4-2)12-7-6-11(10-15)13(14)9-12/h6-7,9H,3-5,8,10H2,1-2H3. The number of anilines is 1. The number of hydrogen-bond donors (Lipinski definition) is 0.